The van der Waals surface area contributed by atoms with Crippen LogP contribution in [-0.2, 0) is 9.53 Å². The van der Waals surface area contributed by atoms with Crippen LogP contribution in [0.5, 0.6) is 5.75 Å². The van der Waals surface area contributed by atoms with E-state index in [1.165, 1.54) is 6.08 Å². The second kappa shape index (κ2) is 11.1. The molecule has 0 radical (unpaired) electrons. The zero-order valence-electron chi connectivity index (χ0n) is 19.7. The van der Waals surface area contributed by atoms with Gasteiger partial charge in [0.25, 0.3) is 0 Å². The fourth-order valence-corrected chi connectivity index (χ4v) is 3.92. The number of hydrogen-bond donors (Lipinski definition) is 4. The van der Waals surface area contributed by atoms with Crippen LogP contribution >= 0.6 is 0 Å². The van der Waals surface area contributed by atoms with Crippen LogP contribution in [0.1, 0.15) is 18.6 Å². The first-order valence-electron chi connectivity index (χ1n) is 11.5. The highest BCUT2D eigenvalue weighted by atomic mass is 16.6. The minimum Gasteiger partial charge on any atom is -0.507 e. The van der Waals surface area contributed by atoms with E-state index in [0.717, 1.165) is 5.39 Å². The van der Waals surface area contributed by atoms with E-state index in [1.807, 2.05) is 43.3 Å². The number of phenolic OH excluding ortho intramolecular Hbond substituents is 1. The summed E-state index contributed by atoms with van der Waals surface area (Å²) in [5.74, 6) is -0.619. The predicted octanol–water partition coefficient (Wildman–Crippen LogP) is 6.25. The number of anilines is 3. The molecule has 0 aliphatic rings. The Balaban J connectivity index is 1.60. The number of hydrogen-bond acceptors (Lipinski definition) is 5. The molecule has 0 spiro atoms. The van der Waals surface area contributed by atoms with Crippen molar-refractivity contribution < 1.29 is 19.4 Å². The number of rotatable bonds is 7. The van der Waals surface area contributed by atoms with E-state index < -0.39 is 18.1 Å². The third-order valence-corrected chi connectivity index (χ3v) is 5.74. The summed E-state index contributed by atoms with van der Waals surface area (Å²) in [7, 11) is 0. The molecule has 0 unspecified atom stereocenters. The summed E-state index contributed by atoms with van der Waals surface area (Å²) in [5.41, 5.74) is 8.18. The highest BCUT2D eigenvalue weighted by Gasteiger charge is 2.25. The Morgan fingerprint density at radius 3 is 2.28 bits per heavy atom. The van der Waals surface area contributed by atoms with Crippen LogP contribution in [0.3, 0.4) is 0 Å². The molecule has 0 bridgehead atoms. The lowest BCUT2D eigenvalue weighted by Crippen LogP contribution is -2.21. The molecule has 2 amide bonds. The van der Waals surface area contributed by atoms with Crippen LogP contribution in [0.2, 0.25) is 0 Å². The van der Waals surface area contributed by atoms with Gasteiger partial charge in [-0.3, -0.25) is 10.1 Å². The van der Waals surface area contributed by atoms with Crippen LogP contribution in [0, 0.1) is 5.92 Å². The molecule has 7 heteroatoms. The first-order chi connectivity index (χ1) is 17.4. The fourth-order valence-electron chi connectivity index (χ4n) is 3.92. The minimum atomic E-state index is -0.745. The molecule has 4 aromatic carbocycles. The smallest absolute Gasteiger partial charge is 0.412 e. The Morgan fingerprint density at radius 2 is 1.53 bits per heavy atom. The summed E-state index contributed by atoms with van der Waals surface area (Å²) in [6, 6.07) is 26.6. The van der Waals surface area contributed by atoms with E-state index in [-0.39, 0.29) is 11.7 Å². The standard InChI is InChI=1S/C29H27N3O4/c1-19(15-18-27(34)32-25-14-8-7-13-24(25)30)28(36-29(35)31-20-9-3-2-4-10-20)23-16-17-26(33)22-12-6-5-11-21(22)23/h2-19,28,33H,30H2,1H3,(H,31,35)(H,32,34)/b18-15+/t19-,28-/m1/s1. The molecule has 5 N–H and O–H groups in total. The molecule has 0 saturated heterocycles. The summed E-state index contributed by atoms with van der Waals surface area (Å²) in [6.07, 6.45) is 1.69. The highest BCUT2D eigenvalue weighted by molar-refractivity contribution is 6.01. The molecule has 7 nitrogen and oxygen atoms in total. The summed E-state index contributed by atoms with van der Waals surface area (Å²) < 4.78 is 5.89. The van der Waals surface area contributed by atoms with Crippen molar-refractivity contribution in [2.24, 2.45) is 5.92 Å². The average molecular weight is 482 g/mol. The number of ether oxygens (including phenoxy) is 1. The zero-order chi connectivity index (χ0) is 25.5. The van der Waals surface area contributed by atoms with E-state index in [0.29, 0.717) is 28.0 Å². The number of nitrogens with two attached hydrogens (primary N) is 1. The first-order valence-corrected chi connectivity index (χ1v) is 11.5. The number of amides is 2. The number of carbonyl (C=O) groups is 2. The van der Waals surface area contributed by atoms with Gasteiger partial charge in [0.2, 0.25) is 5.91 Å². The van der Waals surface area contributed by atoms with Gasteiger partial charge in [-0.2, -0.15) is 0 Å². The van der Waals surface area contributed by atoms with Gasteiger partial charge in [-0.1, -0.05) is 73.7 Å². The Hall–Kier alpha value is -4.78. The van der Waals surface area contributed by atoms with Gasteiger partial charge in [-0.05, 0) is 41.8 Å². The van der Waals surface area contributed by atoms with Crippen molar-refractivity contribution in [2.45, 2.75) is 13.0 Å². The maximum absolute atomic E-state index is 12.8. The molecule has 4 rings (SSSR count). The zero-order valence-corrected chi connectivity index (χ0v) is 19.7. The summed E-state index contributed by atoms with van der Waals surface area (Å²) >= 11 is 0. The Kier molecular flexibility index (Phi) is 7.51. The van der Waals surface area contributed by atoms with E-state index in [1.54, 1.807) is 60.7 Å². The quantitative estimate of drug-likeness (QED) is 0.184. The van der Waals surface area contributed by atoms with Crippen molar-refractivity contribution in [1.82, 2.24) is 0 Å². The molecule has 0 aromatic heterocycles. The van der Waals surface area contributed by atoms with Gasteiger partial charge in [-0.15, -0.1) is 0 Å². The van der Waals surface area contributed by atoms with Crippen LogP contribution in [0.15, 0.2) is 103 Å². The third-order valence-electron chi connectivity index (χ3n) is 5.74. The van der Waals surface area contributed by atoms with E-state index in [9.17, 15) is 14.7 Å². The van der Waals surface area contributed by atoms with Gasteiger partial charge in [-0.25, -0.2) is 4.79 Å². The van der Waals surface area contributed by atoms with Crippen LogP contribution in [0.4, 0.5) is 21.9 Å². The Morgan fingerprint density at radius 1 is 0.861 bits per heavy atom. The maximum atomic E-state index is 12.8. The molecular formula is C29H27N3O4. The Labute approximate surface area is 209 Å². The SMILES string of the molecule is C[C@H](/C=C/C(=O)Nc1ccccc1N)[C@@H](OC(=O)Nc1ccccc1)c1ccc(O)c2ccccc12. The van der Waals surface area contributed by atoms with Gasteiger partial charge in [0.05, 0.1) is 11.4 Å². The lowest BCUT2D eigenvalue weighted by molar-refractivity contribution is -0.111. The second-order valence-electron chi connectivity index (χ2n) is 8.33. The predicted molar refractivity (Wildman–Crippen MR) is 143 cm³/mol. The molecule has 0 aliphatic heterocycles. The van der Waals surface area contributed by atoms with Gasteiger partial charge in [0.15, 0.2) is 0 Å². The lowest BCUT2D eigenvalue weighted by atomic mass is 9.92. The molecule has 2 atom stereocenters. The van der Waals surface area contributed by atoms with E-state index in [4.69, 9.17) is 10.5 Å². The van der Waals surface area contributed by atoms with Crippen LogP contribution < -0.4 is 16.4 Å². The number of carbonyl (C=O) groups excluding carboxylic acids is 2. The summed E-state index contributed by atoms with van der Waals surface area (Å²) in [5, 5.41) is 17.2. The number of fused-ring (bicyclic) bond motifs is 1. The summed E-state index contributed by atoms with van der Waals surface area (Å²) in [4.78, 5) is 25.4. The number of nitrogens with one attached hydrogen (secondary N) is 2. The van der Waals surface area contributed by atoms with Crippen LogP contribution in [-0.4, -0.2) is 17.1 Å². The molecule has 0 aliphatic carbocycles. The van der Waals surface area contributed by atoms with Gasteiger partial charge in [0.1, 0.15) is 11.9 Å². The van der Waals surface area contributed by atoms with Gasteiger partial charge >= 0.3 is 6.09 Å². The van der Waals surface area contributed by atoms with Crippen molar-refractivity contribution in [3.8, 4) is 5.75 Å². The largest absolute Gasteiger partial charge is 0.507 e. The van der Waals surface area contributed by atoms with Crippen molar-refractivity contribution in [3.05, 3.63) is 109 Å². The maximum Gasteiger partial charge on any atom is 0.412 e. The molecule has 0 saturated carbocycles. The van der Waals surface area contributed by atoms with Gasteiger partial charge < -0.3 is 20.9 Å². The number of aromatic hydroxyl groups is 1. The third kappa shape index (κ3) is 5.82. The topological polar surface area (TPSA) is 114 Å². The monoisotopic (exact) mass is 481 g/mol. The van der Waals surface area contributed by atoms with E-state index >= 15 is 0 Å². The first kappa shape index (κ1) is 24.3. The molecular weight excluding hydrogens is 454 g/mol. The molecule has 0 heterocycles. The van der Waals surface area contributed by atoms with Crippen molar-refractivity contribution in [1.29, 1.82) is 0 Å². The summed E-state index contributed by atoms with van der Waals surface area (Å²) in [6.45, 7) is 1.85. The number of phenols is 1. The van der Waals surface area contributed by atoms with Crippen molar-refractivity contribution in [2.75, 3.05) is 16.4 Å². The molecule has 0 fully saturated rings. The minimum absolute atomic E-state index is 0.129. The van der Waals surface area contributed by atoms with Crippen LogP contribution in [0.25, 0.3) is 10.8 Å². The number of nitrogen functional groups attached to an aromatic ring is 1. The number of benzene rings is 4. The Bertz CT molecular complexity index is 1400. The van der Waals surface area contributed by atoms with Crippen molar-refractivity contribution >= 4 is 39.8 Å². The molecule has 36 heavy (non-hydrogen) atoms. The second-order valence-corrected chi connectivity index (χ2v) is 8.33. The molecule has 4 aromatic rings. The number of para-hydroxylation sites is 3. The van der Waals surface area contributed by atoms with Crippen molar-refractivity contribution in [3.63, 3.8) is 0 Å². The highest BCUT2D eigenvalue weighted by Crippen LogP contribution is 2.36. The average Bonchev–Trinajstić information content (AvgIpc) is 2.88. The lowest BCUT2D eigenvalue weighted by Gasteiger charge is -2.24. The fraction of sp³-hybridized carbons (Fsp3) is 0.103. The van der Waals surface area contributed by atoms with Gasteiger partial charge in [0, 0.05) is 22.6 Å². The van der Waals surface area contributed by atoms with E-state index in [2.05, 4.69) is 10.6 Å². The molecule has 182 valence electrons. The normalized spacial score (nSPS) is 12.7.